The fourth-order valence-corrected chi connectivity index (χ4v) is 4.91. The molecule has 11 heteroatoms. The van der Waals surface area contributed by atoms with Crippen molar-refractivity contribution in [1.82, 2.24) is 20.4 Å². The highest BCUT2D eigenvalue weighted by Crippen LogP contribution is 2.32. The standard InChI is InChI=1S/C16H22N6O4S/c1-11-15(12(2)18-17-11)27(23,24)21-13-3-4-14(20-19-13)22-7-5-16(6-8-22)25-9-10-26-16/h3-4H,5-10H2,1-2H3,(H,17,18)(H,19,21). The van der Waals surface area contributed by atoms with Crippen LogP contribution in [-0.2, 0) is 19.5 Å². The van der Waals surface area contributed by atoms with E-state index in [0.29, 0.717) is 30.4 Å². The molecular weight excluding hydrogens is 372 g/mol. The number of aromatic amines is 1. The molecule has 2 fully saturated rings. The van der Waals surface area contributed by atoms with Crippen molar-refractivity contribution in [2.75, 3.05) is 35.9 Å². The predicted octanol–water partition coefficient (Wildman–Crippen LogP) is 0.961. The molecular formula is C16H22N6O4S. The van der Waals surface area contributed by atoms with Crippen molar-refractivity contribution in [3.05, 3.63) is 23.5 Å². The van der Waals surface area contributed by atoms with Gasteiger partial charge >= 0.3 is 0 Å². The molecule has 2 aliphatic rings. The summed E-state index contributed by atoms with van der Waals surface area (Å²) in [6, 6.07) is 3.37. The monoisotopic (exact) mass is 394 g/mol. The lowest BCUT2D eigenvalue weighted by Gasteiger charge is -2.37. The number of piperidine rings is 1. The van der Waals surface area contributed by atoms with Gasteiger partial charge in [-0.1, -0.05) is 0 Å². The molecule has 0 radical (unpaired) electrons. The lowest BCUT2D eigenvalue weighted by molar-refractivity contribution is -0.169. The van der Waals surface area contributed by atoms with Gasteiger partial charge in [0, 0.05) is 25.9 Å². The Bertz CT molecular complexity index is 891. The minimum absolute atomic E-state index is 0.131. The molecule has 0 amide bonds. The Balaban J connectivity index is 1.44. The molecule has 4 heterocycles. The van der Waals surface area contributed by atoms with Crippen LogP contribution in [0.5, 0.6) is 0 Å². The zero-order chi connectivity index (χ0) is 19.1. The molecule has 2 N–H and O–H groups in total. The topological polar surface area (TPSA) is 122 Å². The molecule has 2 saturated heterocycles. The first-order valence-electron chi connectivity index (χ1n) is 8.80. The first kappa shape index (κ1) is 18.1. The summed E-state index contributed by atoms with van der Waals surface area (Å²) in [6.07, 6.45) is 1.53. The Hall–Kier alpha value is -2.24. The number of anilines is 2. The summed E-state index contributed by atoms with van der Waals surface area (Å²) in [7, 11) is -3.78. The Morgan fingerprint density at radius 1 is 1.15 bits per heavy atom. The summed E-state index contributed by atoms with van der Waals surface area (Å²) in [5.74, 6) is 0.413. The Labute approximate surface area is 157 Å². The van der Waals surface area contributed by atoms with E-state index in [2.05, 4.69) is 30.0 Å². The molecule has 2 aromatic rings. The van der Waals surface area contributed by atoms with Crippen LogP contribution >= 0.6 is 0 Å². The number of hydrogen-bond acceptors (Lipinski definition) is 8. The Morgan fingerprint density at radius 2 is 1.85 bits per heavy atom. The molecule has 10 nitrogen and oxygen atoms in total. The molecule has 0 saturated carbocycles. The van der Waals surface area contributed by atoms with Gasteiger partial charge in [-0.05, 0) is 26.0 Å². The van der Waals surface area contributed by atoms with E-state index in [9.17, 15) is 8.42 Å². The average molecular weight is 394 g/mol. The van der Waals surface area contributed by atoms with E-state index in [-0.39, 0.29) is 10.7 Å². The van der Waals surface area contributed by atoms with Crippen molar-refractivity contribution in [2.45, 2.75) is 37.4 Å². The van der Waals surface area contributed by atoms with Gasteiger partial charge in [-0.25, -0.2) is 8.42 Å². The molecule has 0 atom stereocenters. The number of H-pyrrole nitrogens is 1. The van der Waals surface area contributed by atoms with Crippen LogP contribution < -0.4 is 9.62 Å². The fourth-order valence-electron chi connectivity index (χ4n) is 3.54. The molecule has 2 aliphatic heterocycles. The molecule has 2 aromatic heterocycles. The van der Waals surface area contributed by atoms with Crippen LogP contribution in [0.25, 0.3) is 0 Å². The van der Waals surface area contributed by atoms with E-state index in [4.69, 9.17) is 9.47 Å². The van der Waals surface area contributed by atoms with Crippen LogP contribution in [0.1, 0.15) is 24.2 Å². The second kappa shape index (κ2) is 6.73. The van der Waals surface area contributed by atoms with E-state index >= 15 is 0 Å². The highest BCUT2D eigenvalue weighted by molar-refractivity contribution is 7.92. The van der Waals surface area contributed by atoms with Gasteiger partial charge in [0.05, 0.1) is 24.6 Å². The molecule has 0 aliphatic carbocycles. The van der Waals surface area contributed by atoms with Crippen LogP contribution in [-0.4, -0.2) is 60.9 Å². The van der Waals surface area contributed by atoms with Crippen LogP contribution in [0.2, 0.25) is 0 Å². The maximum atomic E-state index is 12.6. The molecule has 0 bridgehead atoms. The van der Waals surface area contributed by atoms with Gasteiger partial charge in [0.25, 0.3) is 10.0 Å². The number of ether oxygens (including phenoxy) is 2. The largest absolute Gasteiger partial charge is 0.355 e. The van der Waals surface area contributed by atoms with Crippen molar-refractivity contribution in [3.63, 3.8) is 0 Å². The van der Waals surface area contributed by atoms with Gasteiger partial charge in [-0.15, -0.1) is 10.2 Å². The van der Waals surface area contributed by atoms with E-state index in [1.165, 1.54) is 0 Å². The van der Waals surface area contributed by atoms with Gasteiger partial charge < -0.3 is 14.4 Å². The second-order valence-electron chi connectivity index (χ2n) is 6.74. The number of hydrogen-bond donors (Lipinski definition) is 2. The molecule has 27 heavy (non-hydrogen) atoms. The van der Waals surface area contributed by atoms with E-state index in [1.807, 2.05) is 0 Å². The summed E-state index contributed by atoms with van der Waals surface area (Å²) < 4.78 is 39.0. The molecule has 0 aromatic carbocycles. The van der Waals surface area contributed by atoms with Gasteiger partial charge in [0.1, 0.15) is 4.90 Å². The lowest BCUT2D eigenvalue weighted by Crippen LogP contribution is -2.45. The number of rotatable bonds is 4. The first-order chi connectivity index (χ1) is 12.9. The van der Waals surface area contributed by atoms with Crippen LogP contribution in [0.3, 0.4) is 0 Å². The van der Waals surface area contributed by atoms with Crippen LogP contribution in [0, 0.1) is 13.8 Å². The van der Waals surface area contributed by atoms with Crippen molar-refractivity contribution >= 4 is 21.7 Å². The van der Waals surface area contributed by atoms with Gasteiger partial charge in [-0.2, -0.15) is 5.10 Å². The predicted molar refractivity (Wildman–Crippen MR) is 97.0 cm³/mol. The summed E-state index contributed by atoms with van der Waals surface area (Å²) in [6.45, 7) is 6.06. The van der Waals surface area contributed by atoms with Gasteiger partial charge in [-0.3, -0.25) is 9.82 Å². The number of aryl methyl sites for hydroxylation is 2. The third kappa shape index (κ3) is 3.49. The van der Waals surface area contributed by atoms with E-state index in [1.54, 1.807) is 26.0 Å². The normalized spacial score (nSPS) is 19.6. The van der Waals surface area contributed by atoms with Crippen LogP contribution in [0.15, 0.2) is 17.0 Å². The SMILES string of the molecule is Cc1n[nH]c(C)c1S(=O)(=O)Nc1ccc(N2CCC3(CC2)OCCO3)nn1. The quantitative estimate of drug-likeness (QED) is 0.786. The van der Waals surface area contributed by atoms with Crippen molar-refractivity contribution < 1.29 is 17.9 Å². The molecule has 146 valence electrons. The minimum Gasteiger partial charge on any atom is -0.355 e. The summed E-state index contributed by atoms with van der Waals surface area (Å²) in [5, 5.41) is 14.8. The number of aromatic nitrogens is 4. The maximum Gasteiger partial charge on any atom is 0.266 e. The summed E-state index contributed by atoms with van der Waals surface area (Å²) in [4.78, 5) is 2.22. The van der Waals surface area contributed by atoms with Crippen molar-refractivity contribution in [1.29, 1.82) is 0 Å². The van der Waals surface area contributed by atoms with Gasteiger partial charge in [0.2, 0.25) is 0 Å². The Kier molecular flexibility index (Phi) is 4.52. The first-order valence-corrected chi connectivity index (χ1v) is 10.3. The molecule has 1 spiro atoms. The van der Waals surface area contributed by atoms with E-state index in [0.717, 1.165) is 25.9 Å². The van der Waals surface area contributed by atoms with Crippen LogP contribution in [0.4, 0.5) is 11.6 Å². The third-order valence-electron chi connectivity index (χ3n) is 4.88. The van der Waals surface area contributed by atoms with Crippen molar-refractivity contribution in [2.24, 2.45) is 0 Å². The second-order valence-corrected chi connectivity index (χ2v) is 8.36. The average Bonchev–Trinajstić information content (AvgIpc) is 3.23. The minimum atomic E-state index is -3.78. The summed E-state index contributed by atoms with van der Waals surface area (Å²) >= 11 is 0. The third-order valence-corrected chi connectivity index (χ3v) is 6.50. The van der Waals surface area contributed by atoms with Gasteiger partial charge in [0.15, 0.2) is 17.4 Å². The summed E-state index contributed by atoms with van der Waals surface area (Å²) in [5.41, 5.74) is 0.881. The number of nitrogens with zero attached hydrogens (tertiary/aromatic N) is 4. The zero-order valence-corrected chi connectivity index (χ0v) is 16.0. The smallest absolute Gasteiger partial charge is 0.266 e. The fraction of sp³-hybridized carbons (Fsp3) is 0.562. The maximum absolute atomic E-state index is 12.6. The highest BCUT2D eigenvalue weighted by Gasteiger charge is 2.40. The zero-order valence-electron chi connectivity index (χ0n) is 15.2. The highest BCUT2D eigenvalue weighted by atomic mass is 32.2. The molecule has 0 unspecified atom stereocenters. The van der Waals surface area contributed by atoms with E-state index < -0.39 is 15.8 Å². The number of sulfonamides is 1. The molecule has 4 rings (SSSR count). The van der Waals surface area contributed by atoms with Crippen molar-refractivity contribution in [3.8, 4) is 0 Å². The lowest BCUT2D eigenvalue weighted by atomic mass is 10.0. The number of nitrogens with one attached hydrogen (secondary N) is 2. The Morgan fingerprint density at radius 3 is 2.41 bits per heavy atom.